The maximum Gasteiger partial charge on any atom is 0.288 e. The van der Waals surface area contributed by atoms with E-state index in [0.29, 0.717) is 10.7 Å². The van der Waals surface area contributed by atoms with Crippen LogP contribution in [0.25, 0.3) is 10.9 Å². The van der Waals surface area contributed by atoms with Crippen LogP contribution in [-0.2, 0) is 0 Å². The van der Waals surface area contributed by atoms with Crippen LogP contribution in [0.1, 0.15) is 21.6 Å². The summed E-state index contributed by atoms with van der Waals surface area (Å²) in [5.41, 5.74) is 5.56. The first-order valence-corrected chi connectivity index (χ1v) is 7.71. The van der Waals surface area contributed by atoms with E-state index < -0.39 is 0 Å². The van der Waals surface area contributed by atoms with Crippen molar-refractivity contribution in [1.82, 2.24) is 10.4 Å². The summed E-state index contributed by atoms with van der Waals surface area (Å²) in [4.78, 5) is 15.4. The van der Waals surface area contributed by atoms with Gasteiger partial charge in [0, 0.05) is 15.9 Å². The highest BCUT2D eigenvalue weighted by Gasteiger charge is 2.14. The number of aromatic amines is 1. The van der Waals surface area contributed by atoms with Gasteiger partial charge in [0.1, 0.15) is 11.4 Å². The second kappa shape index (κ2) is 6.76. The lowest BCUT2D eigenvalue weighted by atomic mass is 10.1. The Morgan fingerprint density at radius 1 is 1.25 bits per heavy atom. The largest absolute Gasteiger partial charge is 0.497 e. The van der Waals surface area contributed by atoms with Crippen LogP contribution in [0.3, 0.4) is 0 Å². The molecule has 0 bridgehead atoms. The molecule has 1 aromatic heterocycles. The Hall–Kier alpha value is -2.79. The summed E-state index contributed by atoms with van der Waals surface area (Å²) in [5, 5.41) is 5.55. The number of fused-ring (bicyclic) bond motifs is 1. The maximum atomic E-state index is 12.3. The predicted molar refractivity (Wildman–Crippen MR) is 96.1 cm³/mol. The van der Waals surface area contributed by atoms with Gasteiger partial charge in [-0.25, -0.2) is 5.43 Å². The number of nitrogens with one attached hydrogen (secondary N) is 2. The van der Waals surface area contributed by atoms with Crippen LogP contribution in [0.15, 0.2) is 47.6 Å². The van der Waals surface area contributed by atoms with Crippen molar-refractivity contribution in [3.63, 3.8) is 0 Å². The van der Waals surface area contributed by atoms with Crippen LogP contribution in [-0.4, -0.2) is 24.2 Å². The molecule has 0 saturated carbocycles. The average molecular weight is 342 g/mol. The third-order valence-electron chi connectivity index (χ3n) is 3.74. The SMILES string of the molecule is COc1ccc(/C=N\NC(=O)c2[nH]c3ccc(Cl)cc3c2C)cc1. The van der Waals surface area contributed by atoms with Gasteiger partial charge in [0.05, 0.1) is 13.3 Å². The summed E-state index contributed by atoms with van der Waals surface area (Å²) in [5.74, 6) is 0.466. The molecule has 0 spiro atoms. The van der Waals surface area contributed by atoms with Crippen molar-refractivity contribution in [2.24, 2.45) is 5.10 Å². The summed E-state index contributed by atoms with van der Waals surface area (Å²) >= 11 is 6.01. The lowest BCUT2D eigenvalue weighted by molar-refractivity contribution is 0.0950. The Bertz CT molecular complexity index is 914. The van der Waals surface area contributed by atoms with Gasteiger partial charge in [-0.05, 0) is 60.5 Å². The lowest BCUT2D eigenvalue weighted by Gasteiger charge is -2.00. The number of hydrogen-bond acceptors (Lipinski definition) is 3. The zero-order valence-electron chi connectivity index (χ0n) is 13.3. The molecule has 3 rings (SSSR count). The van der Waals surface area contributed by atoms with E-state index in [1.807, 2.05) is 43.3 Å². The Balaban J connectivity index is 1.75. The lowest BCUT2D eigenvalue weighted by Crippen LogP contribution is -2.18. The van der Waals surface area contributed by atoms with Gasteiger partial charge in [0.2, 0.25) is 0 Å². The smallest absolute Gasteiger partial charge is 0.288 e. The number of methoxy groups -OCH3 is 1. The molecule has 122 valence electrons. The highest BCUT2D eigenvalue weighted by atomic mass is 35.5. The number of nitrogens with zero attached hydrogens (tertiary/aromatic N) is 1. The van der Waals surface area contributed by atoms with Crippen LogP contribution in [0.5, 0.6) is 5.75 Å². The number of rotatable bonds is 4. The number of hydrazone groups is 1. The van der Waals surface area contributed by atoms with E-state index in [9.17, 15) is 4.79 Å². The average Bonchev–Trinajstić information content (AvgIpc) is 2.92. The number of hydrogen-bond donors (Lipinski definition) is 2. The Morgan fingerprint density at radius 2 is 2.00 bits per heavy atom. The number of ether oxygens (including phenoxy) is 1. The minimum atomic E-state index is -0.301. The van der Waals surface area contributed by atoms with E-state index in [1.54, 1.807) is 19.4 Å². The maximum absolute atomic E-state index is 12.3. The van der Waals surface area contributed by atoms with Crippen LogP contribution in [0.4, 0.5) is 0 Å². The van der Waals surface area contributed by atoms with Crippen molar-refractivity contribution >= 4 is 34.6 Å². The Kier molecular flexibility index (Phi) is 4.53. The van der Waals surface area contributed by atoms with Gasteiger partial charge >= 0.3 is 0 Å². The quantitative estimate of drug-likeness (QED) is 0.558. The first-order chi connectivity index (χ1) is 11.6. The number of carbonyl (C=O) groups is 1. The first-order valence-electron chi connectivity index (χ1n) is 7.34. The molecule has 0 aliphatic heterocycles. The molecule has 1 heterocycles. The van der Waals surface area contributed by atoms with E-state index >= 15 is 0 Å². The molecule has 5 nitrogen and oxygen atoms in total. The molecule has 0 fully saturated rings. The molecule has 0 aliphatic carbocycles. The van der Waals surface area contributed by atoms with Crippen molar-refractivity contribution in [1.29, 1.82) is 0 Å². The zero-order valence-corrected chi connectivity index (χ0v) is 14.0. The molecule has 2 N–H and O–H groups in total. The van der Waals surface area contributed by atoms with Crippen LogP contribution < -0.4 is 10.2 Å². The second-order valence-electron chi connectivity index (χ2n) is 5.29. The standard InChI is InChI=1S/C18H16ClN3O2/c1-11-15-9-13(19)5-8-16(15)21-17(11)18(23)22-20-10-12-3-6-14(24-2)7-4-12/h3-10,21H,1-2H3,(H,22,23)/b20-10-. The molecule has 0 atom stereocenters. The molecule has 6 heteroatoms. The molecule has 3 aromatic rings. The molecule has 2 aromatic carbocycles. The summed E-state index contributed by atoms with van der Waals surface area (Å²) in [6, 6.07) is 12.8. The van der Waals surface area contributed by atoms with E-state index in [2.05, 4.69) is 15.5 Å². The summed E-state index contributed by atoms with van der Waals surface area (Å²) in [7, 11) is 1.61. The normalized spacial score (nSPS) is 11.1. The van der Waals surface area contributed by atoms with E-state index in [-0.39, 0.29) is 5.91 Å². The van der Waals surface area contributed by atoms with Gasteiger partial charge in [0.15, 0.2) is 0 Å². The second-order valence-corrected chi connectivity index (χ2v) is 5.72. The molecule has 0 saturated heterocycles. The predicted octanol–water partition coefficient (Wildman–Crippen LogP) is 3.90. The van der Waals surface area contributed by atoms with Crippen LogP contribution in [0.2, 0.25) is 5.02 Å². The number of aryl methyl sites for hydroxylation is 1. The molecular formula is C18H16ClN3O2. The molecule has 24 heavy (non-hydrogen) atoms. The Labute approximate surface area is 144 Å². The zero-order chi connectivity index (χ0) is 17.1. The van der Waals surface area contributed by atoms with Crippen LogP contribution in [0, 0.1) is 6.92 Å². The minimum Gasteiger partial charge on any atom is -0.497 e. The van der Waals surface area contributed by atoms with E-state index in [1.165, 1.54) is 0 Å². The molecular weight excluding hydrogens is 326 g/mol. The highest BCUT2D eigenvalue weighted by Crippen LogP contribution is 2.24. The molecule has 0 radical (unpaired) electrons. The fourth-order valence-corrected chi connectivity index (χ4v) is 2.61. The van der Waals surface area contributed by atoms with Gasteiger partial charge in [-0.15, -0.1) is 0 Å². The van der Waals surface area contributed by atoms with E-state index in [0.717, 1.165) is 27.8 Å². The van der Waals surface area contributed by atoms with Crippen molar-refractivity contribution < 1.29 is 9.53 Å². The monoisotopic (exact) mass is 341 g/mol. The van der Waals surface area contributed by atoms with Crippen molar-refractivity contribution in [3.05, 3.63) is 64.3 Å². The highest BCUT2D eigenvalue weighted by molar-refractivity contribution is 6.31. The first kappa shape index (κ1) is 16.1. The number of amides is 1. The van der Waals surface area contributed by atoms with E-state index in [4.69, 9.17) is 16.3 Å². The van der Waals surface area contributed by atoms with Gasteiger partial charge in [-0.3, -0.25) is 4.79 Å². The van der Waals surface area contributed by atoms with Crippen molar-refractivity contribution in [2.75, 3.05) is 7.11 Å². The Morgan fingerprint density at radius 3 is 2.71 bits per heavy atom. The summed E-state index contributed by atoms with van der Waals surface area (Å²) < 4.78 is 5.09. The fourth-order valence-electron chi connectivity index (χ4n) is 2.44. The van der Waals surface area contributed by atoms with Gasteiger partial charge in [-0.2, -0.15) is 5.10 Å². The number of benzene rings is 2. The van der Waals surface area contributed by atoms with Gasteiger partial charge in [-0.1, -0.05) is 11.6 Å². The number of halogens is 1. The summed E-state index contributed by atoms with van der Waals surface area (Å²) in [6.45, 7) is 1.87. The number of aromatic nitrogens is 1. The van der Waals surface area contributed by atoms with Crippen molar-refractivity contribution in [3.8, 4) is 5.75 Å². The fraction of sp³-hybridized carbons (Fsp3) is 0.111. The third kappa shape index (κ3) is 3.26. The molecule has 0 unspecified atom stereocenters. The number of H-pyrrole nitrogens is 1. The number of carbonyl (C=O) groups excluding carboxylic acids is 1. The van der Waals surface area contributed by atoms with Gasteiger partial charge in [0.25, 0.3) is 5.91 Å². The van der Waals surface area contributed by atoms with Crippen molar-refractivity contribution in [2.45, 2.75) is 6.92 Å². The molecule has 1 amide bonds. The topological polar surface area (TPSA) is 66.5 Å². The van der Waals surface area contributed by atoms with Crippen LogP contribution >= 0.6 is 11.6 Å². The third-order valence-corrected chi connectivity index (χ3v) is 3.98. The molecule has 0 aliphatic rings. The minimum absolute atomic E-state index is 0.301. The summed E-state index contributed by atoms with van der Waals surface area (Å²) in [6.07, 6.45) is 1.58. The van der Waals surface area contributed by atoms with Gasteiger partial charge < -0.3 is 9.72 Å².